The van der Waals surface area contributed by atoms with Crippen LogP contribution in [0, 0.1) is 12.8 Å². The smallest absolute Gasteiger partial charge is 0.305 e. The van der Waals surface area contributed by atoms with Crippen molar-refractivity contribution in [1.29, 1.82) is 0 Å². The highest BCUT2D eigenvalue weighted by molar-refractivity contribution is 5.94. The molecule has 0 radical (unpaired) electrons. The van der Waals surface area contributed by atoms with Gasteiger partial charge in [-0.25, -0.2) is 4.68 Å². The number of anilines is 1. The molecule has 1 aliphatic carbocycles. The molecule has 9 heteroatoms. The summed E-state index contributed by atoms with van der Waals surface area (Å²) in [6.45, 7) is 2.20. The number of amides is 1. The van der Waals surface area contributed by atoms with Gasteiger partial charge >= 0.3 is 5.97 Å². The monoisotopic (exact) mass is 534 g/mol. The molecule has 208 valence electrons. The normalized spacial score (nSPS) is 14.5. The summed E-state index contributed by atoms with van der Waals surface area (Å²) >= 11 is 0. The summed E-state index contributed by atoms with van der Waals surface area (Å²) in [5.74, 6) is 0.733. The molecule has 3 aromatic rings. The van der Waals surface area contributed by atoms with Crippen LogP contribution in [0.1, 0.15) is 66.2 Å². The number of aliphatic carboxylic acids is 1. The highest BCUT2D eigenvalue weighted by Gasteiger charge is 2.28. The second kappa shape index (κ2) is 12.7. The van der Waals surface area contributed by atoms with Crippen LogP contribution >= 0.6 is 0 Å². The summed E-state index contributed by atoms with van der Waals surface area (Å²) < 4.78 is 12.8. The van der Waals surface area contributed by atoms with Crippen LogP contribution in [0.25, 0.3) is 5.69 Å². The Balaban J connectivity index is 1.59. The number of hydrogen-bond acceptors (Lipinski definition) is 6. The van der Waals surface area contributed by atoms with Crippen molar-refractivity contribution < 1.29 is 24.2 Å². The molecule has 1 unspecified atom stereocenters. The van der Waals surface area contributed by atoms with Crippen molar-refractivity contribution in [3.8, 4) is 17.2 Å². The second-order valence-corrected chi connectivity index (χ2v) is 10.2. The Morgan fingerprint density at radius 2 is 1.72 bits per heavy atom. The fourth-order valence-electron chi connectivity index (χ4n) is 5.23. The first-order chi connectivity index (χ1) is 18.8. The lowest BCUT2D eigenvalue weighted by atomic mass is 9.81. The zero-order valence-electron chi connectivity index (χ0n) is 23.1. The van der Waals surface area contributed by atoms with E-state index in [2.05, 4.69) is 11.5 Å². The Bertz CT molecular complexity index is 1260. The van der Waals surface area contributed by atoms with E-state index < -0.39 is 5.97 Å². The molecule has 1 amide bonds. The number of aromatic nitrogens is 2. The average molecular weight is 535 g/mol. The maximum absolute atomic E-state index is 12.7. The van der Waals surface area contributed by atoms with E-state index in [9.17, 15) is 9.59 Å². The van der Waals surface area contributed by atoms with Crippen LogP contribution in [0.15, 0.2) is 48.7 Å². The van der Waals surface area contributed by atoms with Crippen molar-refractivity contribution >= 4 is 17.6 Å². The molecule has 2 aromatic carbocycles. The second-order valence-electron chi connectivity index (χ2n) is 10.2. The molecule has 9 nitrogen and oxygen atoms in total. The molecule has 4 rings (SSSR count). The molecule has 1 aromatic heterocycles. The van der Waals surface area contributed by atoms with Gasteiger partial charge in [0.25, 0.3) is 5.91 Å². The van der Waals surface area contributed by atoms with Gasteiger partial charge in [0.15, 0.2) is 0 Å². The van der Waals surface area contributed by atoms with Crippen molar-refractivity contribution in [2.24, 2.45) is 5.92 Å². The van der Waals surface area contributed by atoms with E-state index >= 15 is 0 Å². The minimum Gasteiger partial charge on any atom is -0.497 e. The van der Waals surface area contributed by atoms with Crippen LogP contribution in [0.5, 0.6) is 11.5 Å². The van der Waals surface area contributed by atoms with Crippen molar-refractivity contribution in [3.05, 3.63) is 65.5 Å². The lowest BCUT2D eigenvalue weighted by molar-refractivity contribution is -0.137. The van der Waals surface area contributed by atoms with Crippen LogP contribution < -0.4 is 14.8 Å². The predicted octanol–water partition coefficient (Wildman–Crippen LogP) is 5.48. The molecule has 1 fully saturated rings. The maximum Gasteiger partial charge on any atom is 0.305 e. The molecular weight excluding hydrogens is 496 g/mol. The van der Waals surface area contributed by atoms with Crippen LogP contribution in [0.3, 0.4) is 0 Å². The zero-order valence-corrected chi connectivity index (χ0v) is 23.1. The molecule has 39 heavy (non-hydrogen) atoms. The maximum atomic E-state index is 12.7. The summed E-state index contributed by atoms with van der Waals surface area (Å²) in [6.07, 6.45) is 7.96. The van der Waals surface area contributed by atoms with Gasteiger partial charge in [-0.2, -0.15) is 5.10 Å². The number of carboxylic acid groups (broad SMARTS) is 1. The number of ether oxygens (including phenoxy) is 2. The molecule has 1 atom stereocenters. The molecule has 1 aliphatic rings. The number of nitrogens with zero attached hydrogens (tertiary/aromatic N) is 3. The topological polar surface area (TPSA) is 106 Å². The Kier molecular flexibility index (Phi) is 9.11. The number of rotatable bonds is 11. The summed E-state index contributed by atoms with van der Waals surface area (Å²) in [4.78, 5) is 25.0. The van der Waals surface area contributed by atoms with E-state index in [4.69, 9.17) is 19.7 Å². The number of nitrogens with one attached hydrogen (secondary N) is 1. The van der Waals surface area contributed by atoms with Gasteiger partial charge in [0, 0.05) is 54.8 Å². The third-order valence-electron chi connectivity index (χ3n) is 7.46. The van der Waals surface area contributed by atoms with Gasteiger partial charge < -0.3 is 24.8 Å². The minimum atomic E-state index is -0.924. The number of hydrogen-bond donors (Lipinski definition) is 2. The Morgan fingerprint density at radius 1 is 1.08 bits per heavy atom. The number of benzene rings is 2. The Morgan fingerprint density at radius 3 is 2.31 bits per heavy atom. The molecule has 2 N–H and O–H groups in total. The summed E-state index contributed by atoms with van der Waals surface area (Å²) in [5.41, 5.74) is 4.39. The molecule has 0 spiro atoms. The van der Waals surface area contributed by atoms with Crippen molar-refractivity contribution in [3.63, 3.8) is 0 Å². The van der Waals surface area contributed by atoms with E-state index in [0.29, 0.717) is 23.0 Å². The number of carbonyl (C=O) groups is 2. The van der Waals surface area contributed by atoms with E-state index in [-0.39, 0.29) is 24.9 Å². The number of aryl methyl sites for hydroxylation is 1. The molecule has 0 saturated heterocycles. The van der Waals surface area contributed by atoms with Crippen molar-refractivity contribution in [2.45, 2.75) is 51.5 Å². The van der Waals surface area contributed by atoms with E-state index in [1.807, 2.05) is 41.9 Å². The average Bonchev–Trinajstić information content (AvgIpc) is 3.35. The van der Waals surface area contributed by atoms with Crippen molar-refractivity contribution in [2.75, 3.05) is 33.1 Å². The number of carboxylic acids is 1. The molecule has 1 saturated carbocycles. The number of carbonyl (C=O) groups excluding carboxylic acids is 1. The molecule has 0 aliphatic heterocycles. The summed E-state index contributed by atoms with van der Waals surface area (Å²) in [6, 6.07) is 13.2. The first-order valence-corrected chi connectivity index (χ1v) is 13.4. The van der Waals surface area contributed by atoms with Gasteiger partial charge in [-0.05, 0) is 49.9 Å². The quantitative estimate of drug-likeness (QED) is 0.336. The highest BCUT2D eigenvalue weighted by atomic mass is 16.5. The van der Waals surface area contributed by atoms with Gasteiger partial charge in [-0.1, -0.05) is 19.3 Å². The Hall–Kier alpha value is -4.01. The third kappa shape index (κ3) is 6.90. The predicted molar refractivity (Wildman–Crippen MR) is 150 cm³/mol. The van der Waals surface area contributed by atoms with Gasteiger partial charge in [0.05, 0.1) is 38.1 Å². The van der Waals surface area contributed by atoms with Crippen LogP contribution in [-0.4, -0.2) is 59.5 Å². The van der Waals surface area contributed by atoms with Gasteiger partial charge in [-0.3, -0.25) is 9.59 Å². The SMILES string of the molecule is COc1cc(OC)cc(-n2cc(C(Nc3ccc(C(=O)N(C)CCC(=O)O)cc3)C3CCCCC3)c(C)n2)c1. The zero-order chi connectivity index (χ0) is 27.9. The third-order valence-corrected chi connectivity index (χ3v) is 7.46. The first-order valence-electron chi connectivity index (χ1n) is 13.4. The van der Waals surface area contributed by atoms with Gasteiger partial charge in [0.2, 0.25) is 0 Å². The lowest BCUT2D eigenvalue weighted by Gasteiger charge is -2.31. The fraction of sp³-hybridized carbons (Fsp3) is 0.433. The van der Waals surface area contributed by atoms with Crippen molar-refractivity contribution in [1.82, 2.24) is 14.7 Å². The summed E-state index contributed by atoms with van der Waals surface area (Å²) in [5, 5.41) is 17.5. The minimum absolute atomic E-state index is 0.0614. The summed E-state index contributed by atoms with van der Waals surface area (Å²) in [7, 11) is 4.89. The van der Waals surface area contributed by atoms with E-state index in [1.165, 1.54) is 24.2 Å². The molecule has 0 bridgehead atoms. The fourth-order valence-corrected chi connectivity index (χ4v) is 5.23. The standard InChI is InChI=1S/C30H38N4O5/c1-20-27(19-34(32-20)24-16-25(38-3)18-26(17-24)39-4)29(21-8-6-5-7-9-21)31-23-12-10-22(11-13-23)30(37)33(2)15-14-28(35)36/h10-13,16-19,21,29,31H,5-9,14-15H2,1-4H3,(H,35,36). The van der Waals surface area contributed by atoms with E-state index in [1.54, 1.807) is 33.4 Å². The van der Waals surface area contributed by atoms with Crippen LogP contribution in [0.2, 0.25) is 0 Å². The largest absolute Gasteiger partial charge is 0.497 e. The molecular formula is C30H38N4O5. The lowest BCUT2D eigenvalue weighted by Crippen LogP contribution is -2.29. The Labute approximate surface area is 229 Å². The highest BCUT2D eigenvalue weighted by Crippen LogP contribution is 2.38. The first kappa shape index (κ1) is 28.0. The van der Waals surface area contributed by atoms with Crippen LogP contribution in [-0.2, 0) is 4.79 Å². The number of methoxy groups -OCH3 is 2. The van der Waals surface area contributed by atoms with E-state index in [0.717, 1.165) is 35.5 Å². The van der Waals surface area contributed by atoms with Crippen LogP contribution in [0.4, 0.5) is 5.69 Å². The molecule has 1 heterocycles. The van der Waals surface area contributed by atoms with Gasteiger partial charge in [-0.15, -0.1) is 0 Å². The van der Waals surface area contributed by atoms with Gasteiger partial charge in [0.1, 0.15) is 11.5 Å².